The third-order valence-corrected chi connectivity index (χ3v) is 5.70. The number of piperidine rings is 1. The van der Waals surface area contributed by atoms with Crippen molar-refractivity contribution in [1.82, 2.24) is 9.80 Å². The molecule has 1 saturated heterocycles. The van der Waals surface area contributed by atoms with Crippen LogP contribution < -0.4 is 11.5 Å². The Morgan fingerprint density at radius 1 is 1.00 bits per heavy atom. The van der Waals surface area contributed by atoms with Crippen LogP contribution in [-0.2, 0) is 13.1 Å². The Balaban J connectivity index is 1.80. The first-order valence-electron chi connectivity index (χ1n) is 10.6. The van der Waals surface area contributed by atoms with E-state index in [2.05, 4.69) is 4.90 Å². The molecule has 2 aromatic carbocycles. The average molecular weight is 423 g/mol. The highest BCUT2D eigenvalue weighted by Gasteiger charge is 2.24. The molecule has 4 N–H and O–H groups in total. The van der Waals surface area contributed by atoms with Gasteiger partial charge in [-0.3, -0.25) is 14.5 Å². The van der Waals surface area contributed by atoms with Gasteiger partial charge in [0, 0.05) is 43.9 Å². The van der Waals surface area contributed by atoms with Crippen LogP contribution in [0.25, 0.3) is 0 Å². The number of primary amides is 2. The highest BCUT2D eigenvalue weighted by Crippen LogP contribution is 2.21. The fraction of sp³-hybridized carbons (Fsp3) is 0.375. The summed E-state index contributed by atoms with van der Waals surface area (Å²) in [5.74, 6) is -0.115. The number of benzene rings is 2. The van der Waals surface area contributed by atoms with Crippen molar-refractivity contribution in [3.63, 3.8) is 0 Å². The SMILES string of the molecule is CC(=O)c1cccc(CN(Cc2cccc(C(N)=O)c2)C[C@H]2CCCN(C(N)=O)C2)c1. The quantitative estimate of drug-likeness (QED) is 0.637. The fourth-order valence-corrected chi connectivity index (χ4v) is 4.19. The van der Waals surface area contributed by atoms with Gasteiger partial charge in [0.2, 0.25) is 5.91 Å². The summed E-state index contributed by atoms with van der Waals surface area (Å²) in [6.07, 6.45) is 1.95. The van der Waals surface area contributed by atoms with E-state index < -0.39 is 5.91 Å². The maximum Gasteiger partial charge on any atom is 0.314 e. The first kappa shape index (κ1) is 22.5. The van der Waals surface area contributed by atoms with E-state index in [9.17, 15) is 14.4 Å². The number of carbonyl (C=O) groups is 3. The minimum atomic E-state index is -0.452. The van der Waals surface area contributed by atoms with Gasteiger partial charge in [-0.05, 0) is 55.0 Å². The first-order chi connectivity index (χ1) is 14.8. The Labute approximate surface area is 183 Å². The van der Waals surface area contributed by atoms with Crippen molar-refractivity contribution < 1.29 is 14.4 Å². The third-order valence-electron chi connectivity index (χ3n) is 5.70. The van der Waals surface area contributed by atoms with E-state index in [0.717, 1.165) is 30.5 Å². The van der Waals surface area contributed by atoms with Gasteiger partial charge in [-0.15, -0.1) is 0 Å². The van der Waals surface area contributed by atoms with Gasteiger partial charge in [-0.2, -0.15) is 0 Å². The summed E-state index contributed by atoms with van der Waals surface area (Å²) in [4.78, 5) is 39.0. The maximum absolute atomic E-state index is 11.8. The summed E-state index contributed by atoms with van der Waals surface area (Å²) >= 11 is 0. The molecule has 7 heteroatoms. The van der Waals surface area contributed by atoms with Gasteiger partial charge in [-0.25, -0.2) is 4.79 Å². The molecule has 0 unspecified atom stereocenters. The highest BCUT2D eigenvalue weighted by molar-refractivity contribution is 5.94. The lowest BCUT2D eigenvalue weighted by atomic mass is 9.97. The molecular formula is C24H30N4O3. The molecule has 1 aliphatic rings. The van der Waals surface area contributed by atoms with Gasteiger partial charge in [0.05, 0.1) is 0 Å². The van der Waals surface area contributed by atoms with E-state index in [-0.39, 0.29) is 11.8 Å². The molecule has 0 aromatic heterocycles. The minimum absolute atomic E-state index is 0.0342. The van der Waals surface area contributed by atoms with E-state index in [1.807, 2.05) is 42.5 Å². The fourth-order valence-electron chi connectivity index (χ4n) is 4.19. The number of hydrogen-bond donors (Lipinski definition) is 2. The summed E-state index contributed by atoms with van der Waals surface area (Å²) in [5.41, 5.74) is 14.1. The van der Waals surface area contributed by atoms with E-state index in [4.69, 9.17) is 11.5 Å². The number of amides is 3. The molecule has 0 spiro atoms. The van der Waals surface area contributed by atoms with Crippen LogP contribution in [-0.4, -0.2) is 47.2 Å². The van der Waals surface area contributed by atoms with E-state index in [0.29, 0.717) is 43.2 Å². The summed E-state index contributed by atoms with van der Waals surface area (Å²) in [5, 5.41) is 0. The second-order valence-electron chi connectivity index (χ2n) is 8.28. The molecule has 7 nitrogen and oxygen atoms in total. The molecule has 0 bridgehead atoms. The monoisotopic (exact) mass is 422 g/mol. The standard InChI is InChI=1S/C24H30N4O3/c1-17(29)21-8-2-5-18(11-21)13-27(14-19-6-3-9-22(12-19)23(25)30)15-20-7-4-10-28(16-20)24(26)31/h2-3,5-6,8-9,11-12,20H,4,7,10,13-16H2,1H3,(H2,25,30)(H2,26,31)/t20-/m1/s1. The van der Waals surface area contributed by atoms with Crippen LogP contribution in [0.1, 0.15) is 51.6 Å². The number of likely N-dealkylation sites (tertiary alicyclic amines) is 1. The van der Waals surface area contributed by atoms with Crippen molar-refractivity contribution in [2.75, 3.05) is 19.6 Å². The number of nitrogens with zero attached hydrogens (tertiary/aromatic N) is 2. The Morgan fingerprint density at radius 2 is 1.61 bits per heavy atom. The average Bonchev–Trinajstić information content (AvgIpc) is 2.74. The molecule has 1 heterocycles. The van der Waals surface area contributed by atoms with Crippen molar-refractivity contribution in [2.45, 2.75) is 32.9 Å². The van der Waals surface area contributed by atoms with Gasteiger partial charge in [-0.1, -0.05) is 30.3 Å². The summed E-state index contributed by atoms with van der Waals surface area (Å²) in [6.45, 7) is 4.95. The number of rotatable bonds is 8. The molecule has 3 rings (SSSR count). The molecule has 0 saturated carbocycles. The topological polar surface area (TPSA) is 110 Å². The predicted molar refractivity (Wildman–Crippen MR) is 119 cm³/mol. The Hall–Kier alpha value is -3.19. The zero-order valence-electron chi connectivity index (χ0n) is 17.9. The lowest BCUT2D eigenvalue weighted by molar-refractivity contribution is 0.0996. The molecule has 1 atom stereocenters. The van der Waals surface area contributed by atoms with Crippen LogP contribution in [0.3, 0.4) is 0 Å². The number of carbonyl (C=O) groups excluding carboxylic acids is 3. The summed E-state index contributed by atoms with van der Waals surface area (Å²) in [6, 6.07) is 14.6. The second-order valence-corrected chi connectivity index (χ2v) is 8.28. The number of nitrogens with two attached hydrogens (primary N) is 2. The van der Waals surface area contributed by atoms with Crippen LogP contribution in [0, 0.1) is 5.92 Å². The normalized spacial score (nSPS) is 16.3. The van der Waals surface area contributed by atoms with Crippen molar-refractivity contribution in [3.05, 3.63) is 70.8 Å². The van der Waals surface area contributed by atoms with Crippen LogP contribution in [0.15, 0.2) is 48.5 Å². The molecule has 2 aromatic rings. The summed E-state index contributed by atoms with van der Waals surface area (Å²) in [7, 11) is 0. The molecular weight excluding hydrogens is 392 g/mol. The Morgan fingerprint density at radius 3 is 2.19 bits per heavy atom. The molecule has 0 aliphatic carbocycles. The Bertz CT molecular complexity index is 900. The van der Waals surface area contributed by atoms with Crippen molar-refractivity contribution in [1.29, 1.82) is 0 Å². The lowest BCUT2D eigenvalue weighted by Crippen LogP contribution is -2.45. The van der Waals surface area contributed by atoms with Crippen LogP contribution in [0.2, 0.25) is 0 Å². The molecule has 1 aliphatic heterocycles. The first-order valence-corrected chi connectivity index (χ1v) is 10.6. The van der Waals surface area contributed by atoms with Crippen molar-refractivity contribution in [2.24, 2.45) is 17.4 Å². The van der Waals surface area contributed by atoms with Crippen LogP contribution in [0.4, 0.5) is 4.79 Å². The van der Waals surface area contributed by atoms with Gasteiger partial charge < -0.3 is 16.4 Å². The lowest BCUT2D eigenvalue weighted by Gasteiger charge is -2.35. The maximum atomic E-state index is 11.8. The van der Waals surface area contributed by atoms with E-state index in [1.54, 1.807) is 17.9 Å². The molecule has 3 amide bonds. The van der Waals surface area contributed by atoms with Crippen molar-refractivity contribution in [3.8, 4) is 0 Å². The van der Waals surface area contributed by atoms with Crippen molar-refractivity contribution >= 4 is 17.7 Å². The number of urea groups is 1. The third kappa shape index (κ3) is 6.39. The minimum Gasteiger partial charge on any atom is -0.366 e. The smallest absolute Gasteiger partial charge is 0.314 e. The van der Waals surface area contributed by atoms with Crippen LogP contribution >= 0.6 is 0 Å². The zero-order chi connectivity index (χ0) is 22.4. The Kier molecular flexibility index (Phi) is 7.41. The van der Waals surface area contributed by atoms with Gasteiger partial charge in [0.1, 0.15) is 0 Å². The second kappa shape index (κ2) is 10.2. The van der Waals surface area contributed by atoms with Gasteiger partial charge in [0.15, 0.2) is 5.78 Å². The number of Topliss-reactive ketones (excluding diaryl/α,β-unsaturated/α-hetero) is 1. The number of ketones is 1. The zero-order valence-corrected chi connectivity index (χ0v) is 17.9. The molecule has 1 fully saturated rings. The molecule has 164 valence electrons. The van der Waals surface area contributed by atoms with Gasteiger partial charge >= 0.3 is 6.03 Å². The van der Waals surface area contributed by atoms with Gasteiger partial charge in [0.25, 0.3) is 0 Å². The summed E-state index contributed by atoms with van der Waals surface area (Å²) < 4.78 is 0. The van der Waals surface area contributed by atoms with E-state index in [1.165, 1.54) is 0 Å². The largest absolute Gasteiger partial charge is 0.366 e. The predicted octanol–water partition coefficient (Wildman–Crippen LogP) is 2.78. The van der Waals surface area contributed by atoms with Crippen LogP contribution in [0.5, 0.6) is 0 Å². The molecule has 31 heavy (non-hydrogen) atoms. The van der Waals surface area contributed by atoms with E-state index >= 15 is 0 Å². The highest BCUT2D eigenvalue weighted by atomic mass is 16.2. The molecule has 0 radical (unpaired) electrons. The number of hydrogen-bond acceptors (Lipinski definition) is 4.